The van der Waals surface area contributed by atoms with Crippen molar-refractivity contribution in [1.82, 2.24) is 4.90 Å². The molecule has 0 spiro atoms. The molecule has 0 aromatic heterocycles. The molecule has 0 radical (unpaired) electrons. The van der Waals surface area contributed by atoms with Crippen LogP contribution >= 0.6 is 15.9 Å². The van der Waals surface area contributed by atoms with Crippen LogP contribution in [0.15, 0.2) is 22.7 Å². The summed E-state index contributed by atoms with van der Waals surface area (Å²) in [6.07, 6.45) is 0. The van der Waals surface area contributed by atoms with Crippen molar-refractivity contribution in [3.8, 4) is 0 Å². The molecule has 1 fully saturated rings. The number of carbonyl (C=O) groups excluding carboxylic acids is 1. The quantitative estimate of drug-likeness (QED) is 0.795. The third-order valence-electron chi connectivity index (χ3n) is 3.60. The Labute approximate surface area is 115 Å². The lowest BCUT2D eigenvalue weighted by Gasteiger charge is -2.44. The fourth-order valence-electron chi connectivity index (χ4n) is 2.02. The highest BCUT2D eigenvalue weighted by atomic mass is 79.9. The molecule has 0 atom stereocenters. The van der Waals surface area contributed by atoms with Crippen molar-refractivity contribution in [3.63, 3.8) is 0 Å². The van der Waals surface area contributed by atoms with E-state index in [2.05, 4.69) is 15.9 Å². The number of rotatable bonds is 1. The van der Waals surface area contributed by atoms with Gasteiger partial charge in [0.25, 0.3) is 0 Å². The number of nitrogens with zero attached hydrogens (tertiary/aromatic N) is 2. The van der Waals surface area contributed by atoms with Crippen LogP contribution in [0.4, 0.5) is 10.1 Å². The molecule has 2 rings (SSSR count). The van der Waals surface area contributed by atoms with Gasteiger partial charge in [-0.2, -0.15) is 0 Å². The van der Waals surface area contributed by atoms with E-state index in [9.17, 15) is 9.18 Å². The Bertz CT molecular complexity index is 490. The lowest BCUT2D eigenvalue weighted by atomic mass is 9.98. The van der Waals surface area contributed by atoms with Crippen LogP contribution in [0.2, 0.25) is 0 Å². The van der Waals surface area contributed by atoms with Gasteiger partial charge >= 0.3 is 0 Å². The molecule has 3 nitrogen and oxygen atoms in total. The van der Waals surface area contributed by atoms with Crippen molar-refractivity contribution >= 4 is 27.5 Å². The van der Waals surface area contributed by atoms with Gasteiger partial charge in [-0.15, -0.1) is 0 Å². The molecule has 1 heterocycles. The number of piperazine rings is 1. The lowest BCUT2D eigenvalue weighted by molar-refractivity contribution is -0.130. The minimum Gasteiger partial charge on any atom is -0.310 e. The molecule has 0 aliphatic carbocycles. The highest BCUT2D eigenvalue weighted by molar-refractivity contribution is 9.10. The molecule has 18 heavy (non-hydrogen) atoms. The van der Waals surface area contributed by atoms with Crippen LogP contribution in [0.5, 0.6) is 0 Å². The van der Waals surface area contributed by atoms with Crippen LogP contribution in [-0.4, -0.2) is 36.5 Å². The Balaban J connectivity index is 2.34. The Kier molecular flexibility index (Phi) is 3.47. The maximum Gasteiger partial charge on any atom is 0.246 e. The number of halogens is 2. The molecule has 98 valence electrons. The van der Waals surface area contributed by atoms with Gasteiger partial charge in [0.15, 0.2) is 0 Å². The van der Waals surface area contributed by atoms with Crippen LogP contribution in [0, 0.1) is 5.82 Å². The van der Waals surface area contributed by atoms with Crippen LogP contribution in [0.25, 0.3) is 0 Å². The molecule has 1 saturated heterocycles. The summed E-state index contributed by atoms with van der Waals surface area (Å²) in [5.74, 6) is -0.283. The van der Waals surface area contributed by atoms with Gasteiger partial charge in [0.2, 0.25) is 5.91 Å². The first kappa shape index (κ1) is 13.5. The van der Waals surface area contributed by atoms with E-state index in [0.29, 0.717) is 11.0 Å². The van der Waals surface area contributed by atoms with E-state index < -0.39 is 5.54 Å². The molecule has 5 heteroatoms. The van der Waals surface area contributed by atoms with E-state index in [4.69, 9.17) is 0 Å². The predicted octanol–water partition coefficient (Wildman–Crippen LogP) is 2.65. The van der Waals surface area contributed by atoms with Gasteiger partial charge < -0.3 is 4.90 Å². The number of hydrogen-bond donors (Lipinski definition) is 0. The zero-order valence-electron chi connectivity index (χ0n) is 10.7. The number of likely N-dealkylation sites (N-methyl/N-ethyl adjacent to an activating group) is 1. The first-order chi connectivity index (χ1) is 8.34. The molecular weight excluding hydrogens is 299 g/mol. The summed E-state index contributed by atoms with van der Waals surface area (Å²) in [6, 6.07) is 4.66. The minimum atomic E-state index is -0.529. The second-order valence-electron chi connectivity index (χ2n) is 5.04. The maximum atomic E-state index is 13.2. The average molecular weight is 315 g/mol. The normalized spacial score (nSPS) is 20.3. The summed E-state index contributed by atoms with van der Waals surface area (Å²) >= 11 is 3.15. The van der Waals surface area contributed by atoms with E-state index >= 15 is 0 Å². The SMILES string of the molecule is CN1CCN(c2ccc(F)c(Br)c2)C(=O)C1(C)C. The monoisotopic (exact) mass is 314 g/mol. The van der Waals surface area contributed by atoms with Gasteiger partial charge in [-0.05, 0) is 55.0 Å². The predicted molar refractivity (Wildman–Crippen MR) is 73.2 cm³/mol. The summed E-state index contributed by atoms with van der Waals surface area (Å²) in [5, 5.41) is 0. The van der Waals surface area contributed by atoms with E-state index in [1.165, 1.54) is 6.07 Å². The van der Waals surface area contributed by atoms with Crippen molar-refractivity contribution in [3.05, 3.63) is 28.5 Å². The number of carbonyl (C=O) groups is 1. The smallest absolute Gasteiger partial charge is 0.246 e. The number of benzene rings is 1. The second kappa shape index (κ2) is 4.63. The molecule has 1 aromatic carbocycles. The summed E-state index contributed by atoms with van der Waals surface area (Å²) in [5.41, 5.74) is 0.202. The highest BCUT2D eigenvalue weighted by Gasteiger charge is 2.40. The molecule has 1 aliphatic rings. The molecule has 0 N–H and O–H groups in total. The van der Waals surface area contributed by atoms with Crippen molar-refractivity contribution in [2.75, 3.05) is 25.0 Å². The molecule has 0 unspecified atom stereocenters. The highest BCUT2D eigenvalue weighted by Crippen LogP contribution is 2.28. The summed E-state index contributed by atoms with van der Waals surface area (Å²) in [7, 11) is 1.94. The fraction of sp³-hybridized carbons (Fsp3) is 0.462. The van der Waals surface area contributed by atoms with E-state index in [0.717, 1.165) is 12.2 Å². The largest absolute Gasteiger partial charge is 0.310 e. The lowest BCUT2D eigenvalue weighted by Crippen LogP contribution is -2.61. The van der Waals surface area contributed by atoms with Gasteiger partial charge in [-0.3, -0.25) is 9.69 Å². The van der Waals surface area contributed by atoms with Crippen LogP contribution in [0.1, 0.15) is 13.8 Å². The first-order valence-electron chi connectivity index (χ1n) is 5.82. The van der Waals surface area contributed by atoms with Gasteiger partial charge in [0.1, 0.15) is 5.82 Å². The second-order valence-corrected chi connectivity index (χ2v) is 5.89. The van der Waals surface area contributed by atoms with E-state index in [1.807, 2.05) is 25.8 Å². The van der Waals surface area contributed by atoms with E-state index in [-0.39, 0.29) is 11.7 Å². The summed E-state index contributed by atoms with van der Waals surface area (Å²) < 4.78 is 13.6. The van der Waals surface area contributed by atoms with Gasteiger partial charge in [0.05, 0.1) is 10.0 Å². The molecule has 1 aromatic rings. The maximum absolute atomic E-state index is 13.2. The topological polar surface area (TPSA) is 23.6 Å². The zero-order chi connectivity index (χ0) is 13.5. The Morgan fingerprint density at radius 3 is 2.61 bits per heavy atom. The first-order valence-corrected chi connectivity index (χ1v) is 6.61. The molecule has 1 aliphatic heterocycles. The van der Waals surface area contributed by atoms with Crippen molar-refractivity contribution in [2.24, 2.45) is 0 Å². The van der Waals surface area contributed by atoms with Crippen LogP contribution in [-0.2, 0) is 4.79 Å². The minimum absolute atomic E-state index is 0.0368. The summed E-state index contributed by atoms with van der Waals surface area (Å²) in [4.78, 5) is 16.2. The Hall–Kier alpha value is -0.940. The summed E-state index contributed by atoms with van der Waals surface area (Å²) in [6.45, 7) is 5.23. The van der Waals surface area contributed by atoms with Gasteiger partial charge in [-0.25, -0.2) is 4.39 Å². The fourth-order valence-corrected chi connectivity index (χ4v) is 2.39. The van der Waals surface area contributed by atoms with Crippen LogP contribution < -0.4 is 4.90 Å². The molecule has 0 saturated carbocycles. The number of amides is 1. The Morgan fingerprint density at radius 2 is 2.00 bits per heavy atom. The van der Waals surface area contributed by atoms with Gasteiger partial charge in [0, 0.05) is 18.8 Å². The zero-order valence-corrected chi connectivity index (χ0v) is 12.3. The van der Waals surface area contributed by atoms with Crippen molar-refractivity contribution < 1.29 is 9.18 Å². The molecule has 0 bridgehead atoms. The molecular formula is C13H16BrFN2O. The third-order valence-corrected chi connectivity index (χ3v) is 4.20. The Morgan fingerprint density at radius 1 is 1.33 bits per heavy atom. The van der Waals surface area contributed by atoms with Crippen molar-refractivity contribution in [1.29, 1.82) is 0 Å². The third kappa shape index (κ3) is 2.17. The average Bonchev–Trinajstić information content (AvgIpc) is 2.31. The van der Waals surface area contributed by atoms with E-state index in [1.54, 1.807) is 17.0 Å². The van der Waals surface area contributed by atoms with Gasteiger partial charge in [-0.1, -0.05) is 0 Å². The van der Waals surface area contributed by atoms with Crippen molar-refractivity contribution in [2.45, 2.75) is 19.4 Å². The number of anilines is 1. The standard InChI is InChI=1S/C13H16BrFN2O/c1-13(2)12(18)17(7-6-16(13)3)9-4-5-11(15)10(14)8-9/h4-5,8H,6-7H2,1-3H3. The van der Waals surface area contributed by atoms with Crippen LogP contribution in [0.3, 0.4) is 0 Å². The molecule has 1 amide bonds. The number of hydrogen-bond acceptors (Lipinski definition) is 2.